The van der Waals surface area contributed by atoms with Gasteiger partial charge in [-0.25, -0.2) is 0 Å². The van der Waals surface area contributed by atoms with Gasteiger partial charge in [-0.1, -0.05) is 23.1 Å². The highest BCUT2D eigenvalue weighted by atomic mass is 32.2. The first-order valence-electron chi connectivity index (χ1n) is 6.01. The predicted octanol–water partition coefficient (Wildman–Crippen LogP) is 2.20. The van der Waals surface area contributed by atoms with Crippen LogP contribution in [0.25, 0.3) is 0 Å². The number of thioether (sulfide) groups is 1. The summed E-state index contributed by atoms with van der Waals surface area (Å²) < 4.78 is 6.35. The van der Waals surface area contributed by atoms with Crippen molar-refractivity contribution in [1.82, 2.24) is 10.2 Å². The zero-order valence-corrected chi connectivity index (χ0v) is 12.1. The van der Waals surface area contributed by atoms with Gasteiger partial charge >= 0.3 is 0 Å². The zero-order chi connectivity index (χ0) is 13.0. The first kappa shape index (κ1) is 13.8. The van der Waals surface area contributed by atoms with E-state index in [1.807, 2.05) is 6.92 Å². The van der Waals surface area contributed by atoms with Gasteiger partial charge in [0.25, 0.3) is 0 Å². The van der Waals surface area contributed by atoms with Crippen LogP contribution in [-0.4, -0.2) is 40.5 Å². The lowest BCUT2D eigenvalue weighted by molar-refractivity contribution is -0.116. The van der Waals surface area contributed by atoms with Gasteiger partial charge in [0.15, 0.2) is 4.34 Å². The average molecular weight is 287 g/mol. The van der Waals surface area contributed by atoms with Gasteiger partial charge in [0.05, 0.1) is 11.4 Å². The van der Waals surface area contributed by atoms with Crippen molar-refractivity contribution in [3.63, 3.8) is 0 Å². The SMILES string of the molecule is CC(=O)C(C)Sc1nnc(NCC2CCCO2)s1. The number of nitrogens with one attached hydrogen (secondary N) is 1. The summed E-state index contributed by atoms with van der Waals surface area (Å²) in [6, 6.07) is 0. The van der Waals surface area contributed by atoms with Crippen molar-refractivity contribution in [3.05, 3.63) is 0 Å². The molecule has 2 atom stereocenters. The van der Waals surface area contributed by atoms with Gasteiger partial charge in [-0.2, -0.15) is 0 Å². The molecule has 7 heteroatoms. The molecule has 1 aliphatic rings. The van der Waals surface area contributed by atoms with Gasteiger partial charge in [-0.3, -0.25) is 4.79 Å². The highest BCUT2D eigenvalue weighted by Crippen LogP contribution is 2.29. The van der Waals surface area contributed by atoms with E-state index in [0.717, 1.165) is 35.5 Å². The van der Waals surface area contributed by atoms with Gasteiger partial charge in [-0.15, -0.1) is 10.2 Å². The van der Waals surface area contributed by atoms with Crippen LogP contribution in [0.15, 0.2) is 4.34 Å². The number of carbonyl (C=O) groups is 1. The summed E-state index contributed by atoms with van der Waals surface area (Å²) in [6.07, 6.45) is 2.54. The van der Waals surface area contributed by atoms with Crippen LogP contribution in [0.4, 0.5) is 5.13 Å². The predicted molar refractivity (Wildman–Crippen MR) is 73.4 cm³/mol. The van der Waals surface area contributed by atoms with E-state index in [9.17, 15) is 4.79 Å². The second-order valence-corrected chi connectivity index (χ2v) is 6.83. The summed E-state index contributed by atoms with van der Waals surface area (Å²) in [7, 11) is 0. The second kappa shape index (κ2) is 6.49. The van der Waals surface area contributed by atoms with Crippen molar-refractivity contribution in [3.8, 4) is 0 Å². The van der Waals surface area contributed by atoms with Crippen LogP contribution in [0.5, 0.6) is 0 Å². The Hall–Kier alpha value is -0.660. The van der Waals surface area contributed by atoms with Crippen molar-refractivity contribution in [2.45, 2.75) is 42.4 Å². The molecule has 1 N–H and O–H groups in total. The molecule has 1 saturated heterocycles. The number of hydrogen-bond donors (Lipinski definition) is 1. The number of ketones is 1. The Labute approximate surface area is 115 Å². The van der Waals surface area contributed by atoms with E-state index < -0.39 is 0 Å². The largest absolute Gasteiger partial charge is 0.376 e. The standard InChI is InChI=1S/C11H17N3O2S2/c1-7(15)8(2)17-11-14-13-10(18-11)12-6-9-4-3-5-16-9/h8-9H,3-6H2,1-2H3,(H,12,13). The molecule has 100 valence electrons. The Morgan fingerprint density at radius 1 is 1.67 bits per heavy atom. The fourth-order valence-corrected chi connectivity index (χ4v) is 3.47. The smallest absolute Gasteiger partial charge is 0.206 e. The molecule has 2 rings (SSSR count). The summed E-state index contributed by atoms with van der Waals surface area (Å²) in [5.74, 6) is 0.157. The van der Waals surface area contributed by atoms with Crippen LogP contribution >= 0.6 is 23.1 Å². The highest BCUT2D eigenvalue weighted by Gasteiger charge is 2.17. The number of hydrogen-bond acceptors (Lipinski definition) is 7. The molecule has 2 unspecified atom stereocenters. The van der Waals surface area contributed by atoms with Crippen molar-refractivity contribution in [1.29, 1.82) is 0 Å². The fourth-order valence-electron chi connectivity index (χ4n) is 1.57. The van der Waals surface area contributed by atoms with Crippen molar-refractivity contribution >= 4 is 34.0 Å². The monoisotopic (exact) mass is 287 g/mol. The molecule has 0 saturated carbocycles. The van der Waals surface area contributed by atoms with Crippen molar-refractivity contribution < 1.29 is 9.53 Å². The van der Waals surface area contributed by atoms with E-state index in [-0.39, 0.29) is 11.0 Å². The van der Waals surface area contributed by atoms with Crippen LogP contribution in [0.3, 0.4) is 0 Å². The highest BCUT2D eigenvalue weighted by molar-refractivity contribution is 8.02. The maximum Gasteiger partial charge on any atom is 0.206 e. The lowest BCUT2D eigenvalue weighted by atomic mass is 10.2. The first-order chi connectivity index (χ1) is 8.65. The van der Waals surface area contributed by atoms with Gasteiger partial charge in [-0.05, 0) is 26.7 Å². The van der Waals surface area contributed by atoms with E-state index in [2.05, 4.69) is 15.5 Å². The summed E-state index contributed by atoms with van der Waals surface area (Å²) in [4.78, 5) is 11.2. The van der Waals surface area contributed by atoms with E-state index in [1.54, 1.807) is 6.92 Å². The Kier molecular flexibility index (Phi) is 4.96. The number of carbonyl (C=O) groups excluding carboxylic acids is 1. The quantitative estimate of drug-likeness (QED) is 0.809. The Bertz CT molecular complexity index is 405. The number of rotatable bonds is 6. The molecule has 1 aromatic heterocycles. The molecule has 0 bridgehead atoms. The molecule has 18 heavy (non-hydrogen) atoms. The number of Topliss-reactive ketones (excluding diaryl/α,β-unsaturated/α-hetero) is 1. The maximum atomic E-state index is 11.2. The molecule has 0 aliphatic carbocycles. The molecule has 1 aromatic rings. The average Bonchev–Trinajstić information content (AvgIpc) is 2.96. The maximum absolute atomic E-state index is 11.2. The van der Waals surface area contributed by atoms with Crippen molar-refractivity contribution in [2.75, 3.05) is 18.5 Å². The molecule has 1 aliphatic heterocycles. The third-order valence-electron chi connectivity index (χ3n) is 2.76. The molecular formula is C11H17N3O2S2. The third-order valence-corrected chi connectivity index (χ3v) is 4.94. The Morgan fingerprint density at radius 3 is 3.17 bits per heavy atom. The molecule has 0 radical (unpaired) electrons. The summed E-state index contributed by atoms with van der Waals surface area (Å²) in [6.45, 7) is 5.12. The van der Waals surface area contributed by atoms with E-state index in [4.69, 9.17) is 4.74 Å². The zero-order valence-electron chi connectivity index (χ0n) is 10.5. The molecule has 0 spiro atoms. The number of anilines is 1. The van der Waals surface area contributed by atoms with Gasteiger partial charge in [0.2, 0.25) is 5.13 Å². The minimum atomic E-state index is -0.0658. The lowest BCUT2D eigenvalue weighted by Crippen LogP contribution is -2.18. The molecule has 1 fully saturated rings. The molecule has 2 heterocycles. The van der Waals surface area contributed by atoms with Crippen LogP contribution in [-0.2, 0) is 9.53 Å². The number of nitrogens with zero attached hydrogens (tertiary/aromatic N) is 2. The van der Waals surface area contributed by atoms with Crippen LogP contribution in [0, 0.1) is 0 Å². The number of ether oxygens (including phenoxy) is 1. The second-order valence-electron chi connectivity index (χ2n) is 4.26. The van der Waals surface area contributed by atoms with E-state index >= 15 is 0 Å². The Morgan fingerprint density at radius 2 is 2.50 bits per heavy atom. The van der Waals surface area contributed by atoms with Gasteiger partial charge < -0.3 is 10.1 Å². The first-order valence-corrected chi connectivity index (χ1v) is 7.71. The van der Waals surface area contributed by atoms with E-state index in [1.165, 1.54) is 23.1 Å². The minimum absolute atomic E-state index is 0.0658. The number of aromatic nitrogens is 2. The minimum Gasteiger partial charge on any atom is -0.376 e. The van der Waals surface area contributed by atoms with Gasteiger partial charge in [0, 0.05) is 13.2 Å². The normalized spacial score (nSPS) is 20.9. The lowest BCUT2D eigenvalue weighted by Gasteiger charge is -2.08. The van der Waals surface area contributed by atoms with Crippen LogP contribution in [0.2, 0.25) is 0 Å². The van der Waals surface area contributed by atoms with Gasteiger partial charge in [0.1, 0.15) is 5.78 Å². The van der Waals surface area contributed by atoms with Crippen LogP contribution in [0.1, 0.15) is 26.7 Å². The van der Waals surface area contributed by atoms with E-state index in [0.29, 0.717) is 6.10 Å². The summed E-state index contributed by atoms with van der Waals surface area (Å²) in [5, 5.41) is 12.1. The summed E-state index contributed by atoms with van der Waals surface area (Å²) >= 11 is 2.94. The fraction of sp³-hybridized carbons (Fsp3) is 0.727. The topological polar surface area (TPSA) is 64.1 Å². The van der Waals surface area contributed by atoms with Crippen molar-refractivity contribution in [2.24, 2.45) is 0 Å². The Balaban J connectivity index is 1.80. The molecule has 0 aromatic carbocycles. The molecule has 5 nitrogen and oxygen atoms in total. The molecule has 0 amide bonds. The summed E-state index contributed by atoms with van der Waals surface area (Å²) in [5.41, 5.74) is 0. The third kappa shape index (κ3) is 3.93. The molecular weight excluding hydrogens is 270 g/mol. The van der Waals surface area contributed by atoms with Crippen LogP contribution < -0.4 is 5.32 Å².